The van der Waals surface area contributed by atoms with Crippen LogP contribution in [-0.2, 0) is 4.74 Å². The third-order valence-electron chi connectivity index (χ3n) is 3.95. The molecular weight excluding hydrogens is 176 g/mol. The highest BCUT2D eigenvalue weighted by atomic mass is 16.5. The molecule has 0 aromatic carbocycles. The largest absolute Gasteiger partial charge is 0.384 e. The average molecular weight is 198 g/mol. The number of ether oxygens (including phenoxy) is 1. The summed E-state index contributed by atoms with van der Waals surface area (Å²) in [6.45, 7) is 5.79. The van der Waals surface area contributed by atoms with Crippen LogP contribution in [0.4, 0.5) is 0 Å². The van der Waals surface area contributed by atoms with E-state index in [-0.39, 0.29) is 0 Å². The van der Waals surface area contributed by atoms with E-state index in [4.69, 9.17) is 4.74 Å². The lowest BCUT2D eigenvalue weighted by Gasteiger charge is -2.38. The standard InChI is InChI=1S/C11H22N2O/c1-13-7-10(8-14-2)11(9-13)3-5-12-6-4-11/h10,12H,3-9H2,1-2H3. The van der Waals surface area contributed by atoms with E-state index < -0.39 is 0 Å². The summed E-state index contributed by atoms with van der Waals surface area (Å²) < 4.78 is 5.35. The number of nitrogens with zero attached hydrogens (tertiary/aromatic N) is 1. The third-order valence-corrected chi connectivity index (χ3v) is 3.95. The van der Waals surface area contributed by atoms with Crippen LogP contribution in [0.2, 0.25) is 0 Å². The van der Waals surface area contributed by atoms with Gasteiger partial charge < -0.3 is 15.0 Å². The lowest BCUT2D eigenvalue weighted by atomic mass is 9.71. The molecule has 0 aromatic heterocycles. The molecule has 0 aliphatic carbocycles. The average Bonchev–Trinajstić information content (AvgIpc) is 2.45. The van der Waals surface area contributed by atoms with E-state index in [0.717, 1.165) is 12.5 Å². The Labute approximate surface area is 86.8 Å². The van der Waals surface area contributed by atoms with Gasteiger partial charge in [-0.2, -0.15) is 0 Å². The van der Waals surface area contributed by atoms with Crippen LogP contribution < -0.4 is 5.32 Å². The van der Waals surface area contributed by atoms with E-state index in [1.54, 1.807) is 0 Å². The molecule has 1 N–H and O–H groups in total. The Balaban J connectivity index is 2.05. The molecule has 0 amide bonds. The van der Waals surface area contributed by atoms with E-state index in [9.17, 15) is 0 Å². The molecule has 0 saturated carbocycles. The van der Waals surface area contributed by atoms with Crippen molar-refractivity contribution in [1.82, 2.24) is 10.2 Å². The zero-order valence-electron chi connectivity index (χ0n) is 9.38. The van der Waals surface area contributed by atoms with Crippen LogP contribution in [0.15, 0.2) is 0 Å². The van der Waals surface area contributed by atoms with Gasteiger partial charge in [-0.15, -0.1) is 0 Å². The molecule has 3 nitrogen and oxygen atoms in total. The fourth-order valence-corrected chi connectivity index (χ4v) is 3.22. The first kappa shape index (κ1) is 10.4. The van der Waals surface area contributed by atoms with Gasteiger partial charge in [-0.1, -0.05) is 0 Å². The third kappa shape index (κ3) is 1.81. The molecular formula is C11H22N2O. The quantitative estimate of drug-likeness (QED) is 0.702. The first-order valence-corrected chi connectivity index (χ1v) is 5.65. The second-order valence-electron chi connectivity index (χ2n) is 4.96. The van der Waals surface area contributed by atoms with Gasteiger partial charge in [-0.05, 0) is 38.4 Å². The highest BCUT2D eigenvalue weighted by molar-refractivity contribution is 4.98. The minimum atomic E-state index is 0.552. The molecule has 2 aliphatic heterocycles. The second kappa shape index (κ2) is 4.17. The van der Waals surface area contributed by atoms with Crippen molar-refractivity contribution in [3.05, 3.63) is 0 Å². The molecule has 0 bridgehead atoms. The molecule has 1 spiro atoms. The monoisotopic (exact) mass is 198 g/mol. The number of likely N-dealkylation sites (tertiary alicyclic amines) is 1. The van der Waals surface area contributed by atoms with Crippen molar-refractivity contribution >= 4 is 0 Å². The van der Waals surface area contributed by atoms with Crippen LogP contribution >= 0.6 is 0 Å². The zero-order chi connectivity index (χ0) is 10.0. The van der Waals surface area contributed by atoms with Gasteiger partial charge in [0.2, 0.25) is 0 Å². The lowest BCUT2D eigenvalue weighted by molar-refractivity contribution is 0.0717. The van der Waals surface area contributed by atoms with E-state index in [2.05, 4.69) is 17.3 Å². The molecule has 2 heterocycles. The van der Waals surface area contributed by atoms with Crippen LogP contribution in [0.25, 0.3) is 0 Å². The maximum atomic E-state index is 5.35. The topological polar surface area (TPSA) is 24.5 Å². The Morgan fingerprint density at radius 2 is 2.14 bits per heavy atom. The Hall–Kier alpha value is -0.120. The zero-order valence-corrected chi connectivity index (χ0v) is 9.38. The second-order valence-corrected chi connectivity index (χ2v) is 4.96. The van der Waals surface area contributed by atoms with Gasteiger partial charge in [0.1, 0.15) is 0 Å². The highest BCUT2D eigenvalue weighted by Gasteiger charge is 2.45. The van der Waals surface area contributed by atoms with E-state index in [0.29, 0.717) is 5.41 Å². The van der Waals surface area contributed by atoms with Gasteiger partial charge in [-0.3, -0.25) is 0 Å². The Bertz CT molecular complexity index is 190. The molecule has 0 radical (unpaired) electrons. The molecule has 0 aromatic rings. The van der Waals surface area contributed by atoms with Crippen molar-refractivity contribution in [3.63, 3.8) is 0 Å². The van der Waals surface area contributed by atoms with Crippen molar-refractivity contribution in [2.45, 2.75) is 12.8 Å². The van der Waals surface area contributed by atoms with Crippen molar-refractivity contribution in [2.75, 3.05) is 46.9 Å². The molecule has 2 fully saturated rings. The van der Waals surface area contributed by atoms with Crippen molar-refractivity contribution in [2.24, 2.45) is 11.3 Å². The van der Waals surface area contributed by atoms with Crippen LogP contribution in [0.5, 0.6) is 0 Å². The van der Waals surface area contributed by atoms with Gasteiger partial charge in [0.25, 0.3) is 0 Å². The van der Waals surface area contributed by atoms with Crippen molar-refractivity contribution < 1.29 is 4.74 Å². The van der Waals surface area contributed by atoms with Crippen LogP contribution in [-0.4, -0.2) is 51.8 Å². The summed E-state index contributed by atoms with van der Waals surface area (Å²) in [6.07, 6.45) is 2.65. The number of piperidine rings is 1. The minimum Gasteiger partial charge on any atom is -0.384 e. The highest BCUT2D eigenvalue weighted by Crippen LogP contribution is 2.42. The molecule has 3 heteroatoms. The predicted octanol–water partition coefficient (Wildman–Crippen LogP) is 0.564. The van der Waals surface area contributed by atoms with E-state index in [1.165, 1.54) is 39.0 Å². The molecule has 14 heavy (non-hydrogen) atoms. The first-order valence-electron chi connectivity index (χ1n) is 5.65. The predicted molar refractivity (Wildman–Crippen MR) is 57.4 cm³/mol. The van der Waals surface area contributed by atoms with Crippen molar-refractivity contribution in [3.8, 4) is 0 Å². The molecule has 2 rings (SSSR count). The summed E-state index contributed by atoms with van der Waals surface area (Å²) in [5.74, 6) is 0.750. The van der Waals surface area contributed by atoms with Gasteiger partial charge in [0, 0.05) is 26.1 Å². The van der Waals surface area contributed by atoms with Gasteiger partial charge in [0.05, 0.1) is 6.61 Å². The molecule has 82 valence electrons. The van der Waals surface area contributed by atoms with Gasteiger partial charge >= 0.3 is 0 Å². The van der Waals surface area contributed by atoms with Crippen molar-refractivity contribution in [1.29, 1.82) is 0 Å². The van der Waals surface area contributed by atoms with Crippen LogP contribution in [0, 0.1) is 11.3 Å². The normalized spacial score (nSPS) is 32.6. The fourth-order valence-electron chi connectivity index (χ4n) is 3.22. The number of nitrogens with one attached hydrogen (secondary N) is 1. The number of hydrogen-bond acceptors (Lipinski definition) is 3. The molecule has 2 aliphatic rings. The Morgan fingerprint density at radius 3 is 2.79 bits per heavy atom. The first-order chi connectivity index (χ1) is 6.77. The summed E-state index contributed by atoms with van der Waals surface area (Å²) in [5, 5.41) is 3.45. The fraction of sp³-hybridized carbons (Fsp3) is 1.00. The summed E-state index contributed by atoms with van der Waals surface area (Å²) >= 11 is 0. The maximum Gasteiger partial charge on any atom is 0.0508 e. The number of rotatable bonds is 2. The summed E-state index contributed by atoms with van der Waals surface area (Å²) in [7, 11) is 4.06. The van der Waals surface area contributed by atoms with Gasteiger partial charge in [0.15, 0.2) is 0 Å². The summed E-state index contributed by atoms with van der Waals surface area (Å²) in [6, 6.07) is 0. The Kier molecular flexibility index (Phi) is 3.10. The van der Waals surface area contributed by atoms with Crippen LogP contribution in [0.1, 0.15) is 12.8 Å². The molecule has 1 atom stereocenters. The number of hydrogen-bond donors (Lipinski definition) is 1. The van der Waals surface area contributed by atoms with Crippen LogP contribution in [0.3, 0.4) is 0 Å². The SMILES string of the molecule is COCC1CN(C)CC12CCNCC2. The summed E-state index contributed by atoms with van der Waals surface area (Å²) in [4.78, 5) is 2.47. The Morgan fingerprint density at radius 1 is 1.43 bits per heavy atom. The lowest BCUT2D eigenvalue weighted by Crippen LogP contribution is -2.43. The van der Waals surface area contributed by atoms with Gasteiger partial charge in [-0.25, -0.2) is 0 Å². The molecule has 1 unspecified atom stereocenters. The van der Waals surface area contributed by atoms with E-state index >= 15 is 0 Å². The minimum absolute atomic E-state index is 0.552. The number of methoxy groups -OCH3 is 1. The maximum absolute atomic E-state index is 5.35. The van der Waals surface area contributed by atoms with E-state index in [1.807, 2.05) is 7.11 Å². The smallest absolute Gasteiger partial charge is 0.0508 e. The summed E-state index contributed by atoms with van der Waals surface area (Å²) in [5.41, 5.74) is 0.552. The molecule has 2 saturated heterocycles.